The maximum atomic E-state index is 11.7. The Hall–Kier alpha value is -2.43. The Balaban J connectivity index is 1.99. The number of nitrogens with zero attached hydrogens (tertiary/aromatic N) is 1. The third-order valence-electron chi connectivity index (χ3n) is 3.42. The molecule has 3 rings (SSSR count). The average molecular weight is 374 g/mol. The predicted molar refractivity (Wildman–Crippen MR) is 88.9 cm³/mol. The van der Waals surface area contributed by atoms with E-state index in [1.165, 1.54) is 6.07 Å². The number of hydrogen-bond donors (Lipinski definition) is 0. The maximum absolute atomic E-state index is 11.7. The van der Waals surface area contributed by atoms with Crippen molar-refractivity contribution in [3.63, 3.8) is 0 Å². The van der Waals surface area contributed by atoms with E-state index in [2.05, 4.69) is 0 Å². The van der Waals surface area contributed by atoms with Gasteiger partial charge in [0.05, 0.1) is 0 Å². The molecule has 0 N–H and O–H groups in total. The Kier molecular flexibility index (Phi) is 4.28. The first-order valence-electron chi connectivity index (χ1n) is 7.04. The van der Waals surface area contributed by atoms with Gasteiger partial charge in [-0.25, -0.2) is 0 Å². The van der Waals surface area contributed by atoms with Crippen LogP contribution in [0.3, 0.4) is 0 Å². The van der Waals surface area contributed by atoms with Crippen LogP contribution in [0, 0.1) is 10.1 Å². The Morgan fingerprint density at radius 1 is 1.22 bits per heavy atom. The Morgan fingerprint density at radius 3 is 2.61 bits per heavy atom. The van der Waals surface area contributed by atoms with Crippen LogP contribution in [-0.4, -0.2) is 32.0 Å². The molecule has 1 aromatic heterocycles. The van der Waals surface area contributed by atoms with E-state index in [0.29, 0.717) is 17.6 Å². The number of carbonyl (C=O) groups is 1. The first-order chi connectivity index (χ1) is 11.1. The average Bonchev–Trinajstić information content (AvgIpc) is 2.99. The summed E-state index contributed by atoms with van der Waals surface area (Å²) in [7, 11) is 0. The molecule has 0 aliphatic heterocycles. The summed E-state index contributed by atoms with van der Waals surface area (Å²) in [4.78, 5) is 22.4. The van der Waals surface area contributed by atoms with Gasteiger partial charge in [-0.3, -0.25) is 0 Å². The molecule has 0 bridgehead atoms. The number of nitro groups is 1. The van der Waals surface area contributed by atoms with Gasteiger partial charge >= 0.3 is 138 Å². The summed E-state index contributed by atoms with van der Waals surface area (Å²) >= 11 is 0.0206. The van der Waals surface area contributed by atoms with Crippen LogP contribution in [0.4, 0.5) is 5.69 Å². The zero-order valence-corrected chi connectivity index (χ0v) is 14.0. The number of fused-ring (bicyclic) bond motifs is 1. The second kappa shape index (κ2) is 6.36. The van der Waals surface area contributed by atoms with Crippen LogP contribution in [0.25, 0.3) is 19.6 Å². The summed E-state index contributed by atoms with van der Waals surface area (Å²) in [6, 6.07) is 14.2. The van der Waals surface area contributed by atoms with Gasteiger partial charge in [0.15, 0.2) is 0 Å². The predicted octanol–water partition coefficient (Wildman–Crippen LogP) is 3.65. The Morgan fingerprint density at radius 2 is 1.96 bits per heavy atom. The molecule has 5 nitrogen and oxygen atoms in total. The molecule has 6 heteroatoms. The SMILES string of the molecule is CCOC(=O)c1ccc(-c2cc3c([N+](=O)[O-])cccc3[se]2)cc1. The molecule has 0 aliphatic carbocycles. The molecule has 0 unspecified atom stereocenters. The van der Waals surface area contributed by atoms with E-state index in [1.54, 1.807) is 25.1 Å². The van der Waals surface area contributed by atoms with E-state index < -0.39 is 0 Å². The van der Waals surface area contributed by atoms with Gasteiger partial charge in [0, 0.05) is 0 Å². The molecule has 2 aromatic carbocycles. The van der Waals surface area contributed by atoms with E-state index >= 15 is 0 Å². The minimum absolute atomic E-state index is 0.0206. The molecular weight excluding hydrogens is 361 g/mol. The van der Waals surface area contributed by atoms with Gasteiger partial charge in [0.1, 0.15) is 0 Å². The van der Waals surface area contributed by atoms with Gasteiger partial charge in [0.2, 0.25) is 0 Å². The number of nitro benzene ring substituents is 1. The van der Waals surface area contributed by atoms with E-state index in [4.69, 9.17) is 4.74 Å². The molecule has 116 valence electrons. The first kappa shape index (κ1) is 15.5. The van der Waals surface area contributed by atoms with Gasteiger partial charge in [-0.1, -0.05) is 0 Å². The number of rotatable bonds is 4. The molecule has 0 fully saturated rings. The van der Waals surface area contributed by atoms with Crippen LogP contribution in [0.15, 0.2) is 48.5 Å². The zero-order valence-electron chi connectivity index (χ0n) is 12.3. The fourth-order valence-corrected chi connectivity index (χ4v) is 4.61. The van der Waals surface area contributed by atoms with Crippen molar-refractivity contribution in [2.75, 3.05) is 6.61 Å². The molecule has 1 heterocycles. The fourth-order valence-electron chi connectivity index (χ4n) is 2.33. The fraction of sp³-hybridized carbons (Fsp3) is 0.118. The molecule has 0 saturated carbocycles. The molecule has 0 spiro atoms. The number of ether oxygens (including phenoxy) is 1. The monoisotopic (exact) mass is 375 g/mol. The second-order valence-electron chi connectivity index (χ2n) is 4.85. The molecule has 0 amide bonds. The summed E-state index contributed by atoms with van der Waals surface area (Å²) in [6.45, 7) is 2.11. The van der Waals surface area contributed by atoms with Crippen molar-refractivity contribution in [1.82, 2.24) is 0 Å². The van der Waals surface area contributed by atoms with E-state index in [9.17, 15) is 14.9 Å². The number of esters is 1. The van der Waals surface area contributed by atoms with E-state index in [1.807, 2.05) is 24.3 Å². The van der Waals surface area contributed by atoms with Gasteiger partial charge in [-0.2, -0.15) is 0 Å². The normalized spacial score (nSPS) is 10.7. The molecule has 0 saturated heterocycles. The molecule has 0 radical (unpaired) electrons. The van der Waals surface area contributed by atoms with Gasteiger partial charge in [-0.15, -0.1) is 0 Å². The second-order valence-corrected chi connectivity index (χ2v) is 7.13. The van der Waals surface area contributed by atoms with Crippen LogP contribution in [0.5, 0.6) is 0 Å². The third-order valence-corrected chi connectivity index (χ3v) is 5.83. The van der Waals surface area contributed by atoms with Crippen LogP contribution < -0.4 is 0 Å². The van der Waals surface area contributed by atoms with Gasteiger partial charge in [0.25, 0.3) is 0 Å². The van der Waals surface area contributed by atoms with Crippen molar-refractivity contribution >= 4 is 35.8 Å². The number of benzene rings is 2. The number of non-ortho nitro benzene ring substituents is 1. The van der Waals surface area contributed by atoms with Crippen molar-refractivity contribution in [2.24, 2.45) is 0 Å². The van der Waals surface area contributed by atoms with Crippen LogP contribution in [-0.2, 0) is 4.74 Å². The van der Waals surface area contributed by atoms with Gasteiger partial charge < -0.3 is 0 Å². The van der Waals surface area contributed by atoms with Crippen molar-refractivity contribution in [3.8, 4) is 10.0 Å². The summed E-state index contributed by atoms with van der Waals surface area (Å²) in [5.74, 6) is -0.344. The molecule has 0 aliphatic rings. The molecule has 0 atom stereocenters. The van der Waals surface area contributed by atoms with Crippen LogP contribution in [0.2, 0.25) is 0 Å². The van der Waals surface area contributed by atoms with E-state index in [-0.39, 0.29) is 31.1 Å². The minimum atomic E-state index is -0.349. The number of hydrogen-bond acceptors (Lipinski definition) is 4. The Labute approximate surface area is 138 Å². The van der Waals surface area contributed by atoms with Crippen LogP contribution >= 0.6 is 0 Å². The first-order valence-corrected chi connectivity index (χ1v) is 8.76. The summed E-state index contributed by atoms with van der Waals surface area (Å²) < 4.78 is 7.04. The van der Waals surface area contributed by atoms with Crippen molar-refractivity contribution in [1.29, 1.82) is 0 Å². The van der Waals surface area contributed by atoms with Crippen molar-refractivity contribution < 1.29 is 14.5 Å². The summed E-state index contributed by atoms with van der Waals surface area (Å²) in [5, 5.41) is 11.8. The molecule has 23 heavy (non-hydrogen) atoms. The third kappa shape index (κ3) is 3.04. The quantitative estimate of drug-likeness (QED) is 0.303. The van der Waals surface area contributed by atoms with E-state index in [0.717, 1.165) is 14.3 Å². The van der Waals surface area contributed by atoms with Crippen molar-refractivity contribution in [3.05, 3.63) is 64.2 Å². The Bertz CT molecular complexity index is 883. The summed E-state index contributed by atoms with van der Waals surface area (Å²) in [6.07, 6.45) is 0. The van der Waals surface area contributed by atoms with Crippen molar-refractivity contribution in [2.45, 2.75) is 6.92 Å². The topological polar surface area (TPSA) is 69.4 Å². The standard InChI is InChI=1S/C17H13NO4Se/c1-2-22-17(19)12-8-6-11(7-9-12)16-10-13-14(18(20)21)4-3-5-15(13)23-16/h3-10H,2H2,1H3. The van der Waals surface area contributed by atoms with Gasteiger partial charge in [-0.05, 0) is 0 Å². The number of carbonyl (C=O) groups excluding carboxylic acids is 1. The molecule has 3 aromatic rings. The van der Waals surface area contributed by atoms with Crippen LogP contribution in [0.1, 0.15) is 17.3 Å². The molecular formula is C17H13NO4Se. The zero-order chi connectivity index (χ0) is 16.4. The summed E-state index contributed by atoms with van der Waals surface area (Å²) in [5.41, 5.74) is 1.62.